The number of hydrogen-bond acceptors (Lipinski definition) is 4. The summed E-state index contributed by atoms with van der Waals surface area (Å²) in [5.74, 6) is -0.233. The van der Waals surface area contributed by atoms with Gasteiger partial charge in [0.1, 0.15) is 6.04 Å². The number of rotatable bonds is 7. The van der Waals surface area contributed by atoms with E-state index in [0.29, 0.717) is 18.1 Å². The molecule has 0 heterocycles. The number of likely N-dealkylation sites (N-methyl/N-ethyl adjacent to an activating group) is 1. The maximum absolute atomic E-state index is 11.9. The topological polar surface area (TPSA) is 76.1 Å². The van der Waals surface area contributed by atoms with E-state index in [9.17, 15) is 9.59 Å². The largest absolute Gasteiger partial charge is 0.493 e. The highest BCUT2D eigenvalue weighted by Gasteiger charge is 2.19. The van der Waals surface area contributed by atoms with Crippen LogP contribution in [0.5, 0.6) is 11.5 Å². The minimum Gasteiger partial charge on any atom is -0.493 e. The van der Waals surface area contributed by atoms with Crippen LogP contribution in [0.2, 0.25) is 0 Å². The molecular weight excluding hydrogens is 286 g/mol. The van der Waals surface area contributed by atoms with Gasteiger partial charge in [-0.05, 0) is 37.6 Å². The fraction of sp³-hybridized carbons (Fsp3) is 0.375. The molecule has 0 spiro atoms. The zero-order valence-electron chi connectivity index (χ0n) is 13.2. The summed E-state index contributed by atoms with van der Waals surface area (Å²) in [6, 6.07) is 4.41. The van der Waals surface area contributed by atoms with Crippen molar-refractivity contribution in [2.75, 3.05) is 20.8 Å². The van der Waals surface area contributed by atoms with Crippen LogP contribution in [-0.4, -0.2) is 48.7 Å². The molecule has 1 aromatic rings. The first-order valence-corrected chi connectivity index (χ1v) is 6.89. The Kier molecular flexibility index (Phi) is 6.44. The zero-order valence-corrected chi connectivity index (χ0v) is 13.2. The maximum atomic E-state index is 11.9. The first kappa shape index (κ1) is 17.6. The third kappa shape index (κ3) is 4.51. The lowest BCUT2D eigenvalue weighted by molar-refractivity contribution is -0.146. The van der Waals surface area contributed by atoms with Gasteiger partial charge < -0.3 is 19.5 Å². The van der Waals surface area contributed by atoms with Crippen molar-refractivity contribution in [1.82, 2.24) is 4.90 Å². The van der Waals surface area contributed by atoms with Crippen LogP contribution < -0.4 is 9.47 Å². The Bertz CT molecular complexity index is 568. The molecule has 6 heteroatoms. The Morgan fingerprint density at radius 2 is 2.05 bits per heavy atom. The van der Waals surface area contributed by atoms with E-state index in [1.807, 2.05) is 6.92 Å². The summed E-state index contributed by atoms with van der Waals surface area (Å²) < 4.78 is 10.6. The fourth-order valence-corrected chi connectivity index (χ4v) is 1.70. The Morgan fingerprint density at radius 1 is 1.36 bits per heavy atom. The third-order valence-electron chi connectivity index (χ3n) is 3.19. The van der Waals surface area contributed by atoms with Gasteiger partial charge >= 0.3 is 5.97 Å². The summed E-state index contributed by atoms with van der Waals surface area (Å²) in [4.78, 5) is 23.9. The van der Waals surface area contributed by atoms with Crippen LogP contribution in [0.3, 0.4) is 0 Å². The Hall–Kier alpha value is -2.50. The lowest BCUT2D eigenvalue weighted by Gasteiger charge is -2.19. The van der Waals surface area contributed by atoms with Crippen molar-refractivity contribution in [3.63, 3.8) is 0 Å². The normalized spacial score (nSPS) is 12.0. The SMILES string of the molecule is CCOc1ccc(/C=C/C(=O)N(C)[C@@H](C)C(=O)O)cc1OC. The third-order valence-corrected chi connectivity index (χ3v) is 3.19. The summed E-state index contributed by atoms with van der Waals surface area (Å²) in [6.07, 6.45) is 2.93. The molecule has 1 aromatic carbocycles. The van der Waals surface area contributed by atoms with Gasteiger partial charge in [0.25, 0.3) is 0 Å². The zero-order chi connectivity index (χ0) is 16.7. The molecule has 1 N–H and O–H groups in total. The summed E-state index contributed by atoms with van der Waals surface area (Å²) in [6.45, 7) is 3.86. The van der Waals surface area contributed by atoms with Crippen LogP contribution in [0.1, 0.15) is 19.4 Å². The maximum Gasteiger partial charge on any atom is 0.326 e. The average Bonchev–Trinajstić information content (AvgIpc) is 2.52. The van der Waals surface area contributed by atoms with Crippen molar-refractivity contribution in [3.05, 3.63) is 29.8 Å². The van der Waals surface area contributed by atoms with E-state index in [-0.39, 0.29) is 5.91 Å². The number of carbonyl (C=O) groups is 2. The summed E-state index contributed by atoms with van der Waals surface area (Å²) in [5.41, 5.74) is 0.755. The molecule has 0 aliphatic carbocycles. The number of ether oxygens (including phenoxy) is 2. The number of hydrogen-bond donors (Lipinski definition) is 1. The number of carbonyl (C=O) groups excluding carboxylic acids is 1. The predicted molar refractivity (Wildman–Crippen MR) is 83.1 cm³/mol. The second kappa shape index (κ2) is 8.07. The van der Waals surface area contributed by atoms with E-state index in [4.69, 9.17) is 14.6 Å². The standard InChI is InChI=1S/C16H21NO5/c1-5-22-13-8-6-12(10-14(13)21-4)7-9-15(18)17(3)11(2)16(19)20/h6-11H,5H2,1-4H3,(H,19,20)/b9-7+/t11-/m0/s1. The van der Waals surface area contributed by atoms with Crippen LogP contribution in [0.25, 0.3) is 6.08 Å². The molecule has 120 valence electrons. The van der Waals surface area contributed by atoms with Crippen LogP contribution in [0, 0.1) is 0 Å². The van der Waals surface area contributed by atoms with Gasteiger partial charge in [0.05, 0.1) is 13.7 Å². The predicted octanol–water partition coefficient (Wildman–Crippen LogP) is 2.04. The van der Waals surface area contributed by atoms with Crippen molar-refractivity contribution in [1.29, 1.82) is 0 Å². The van der Waals surface area contributed by atoms with Crippen LogP contribution >= 0.6 is 0 Å². The van der Waals surface area contributed by atoms with Gasteiger partial charge in [0.15, 0.2) is 11.5 Å². The Labute approximate surface area is 129 Å². The number of nitrogens with zero attached hydrogens (tertiary/aromatic N) is 1. The quantitative estimate of drug-likeness (QED) is 0.780. The van der Waals surface area contributed by atoms with E-state index >= 15 is 0 Å². The van der Waals surface area contributed by atoms with Gasteiger partial charge in [-0.2, -0.15) is 0 Å². The van der Waals surface area contributed by atoms with E-state index in [1.54, 1.807) is 31.4 Å². The smallest absolute Gasteiger partial charge is 0.326 e. The Balaban J connectivity index is 2.85. The second-order valence-electron chi connectivity index (χ2n) is 4.64. The molecule has 22 heavy (non-hydrogen) atoms. The van der Waals surface area contributed by atoms with Gasteiger partial charge in [-0.15, -0.1) is 0 Å². The van der Waals surface area contributed by atoms with E-state index in [2.05, 4.69) is 0 Å². The molecule has 0 saturated carbocycles. The van der Waals surface area contributed by atoms with Crippen molar-refractivity contribution < 1.29 is 24.2 Å². The highest BCUT2D eigenvalue weighted by Crippen LogP contribution is 2.28. The van der Waals surface area contributed by atoms with Crippen molar-refractivity contribution in [3.8, 4) is 11.5 Å². The fourth-order valence-electron chi connectivity index (χ4n) is 1.70. The molecule has 0 radical (unpaired) electrons. The number of aliphatic carboxylic acids is 1. The number of amides is 1. The number of benzene rings is 1. The first-order valence-electron chi connectivity index (χ1n) is 6.89. The molecule has 0 aliphatic rings. The number of carboxylic acid groups (broad SMARTS) is 1. The van der Waals surface area contributed by atoms with Crippen molar-refractivity contribution in [2.24, 2.45) is 0 Å². The number of methoxy groups -OCH3 is 1. The highest BCUT2D eigenvalue weighted by molar-refractivity contribution is 5.94. The van der Waals surface area contributed by atoms with E-state index < -0.39 is 12.0 Å². The van der Waals surface area contributed by atoms with Gasteiger partial charge in [-0.1, -0.05) is 6.07 Å². The average molecular weight is 307 g/mol. The molecule has 6 nitrogen and oxygen atoms in total. The molecule has 0 aliphatic heterocycles. The minimum absolute atomic E-state index is 0.386. The molecule has 1 atom stereocenters. The molecule has 0 aromatic heterocycles. The van der Waals surface area contributed by atoms with E-state index in [0.717, 1.165) is 10.5 Å². The van der Waals surface area contributed by atoms with Crippen molar-refractivity contribution >= 4 is 18.0 Å². The monoisotopic (exact) mass is 307 g/mol. The van der Waals surface area contributed by atoms with Crippen LogP contribution in [0.4, 0.5) is 0 Å². The van der Waals surface area contributed by atoms with Crippen LogP contribution in [-0.2, 0) is 9.59 Å². The molecule has 0 bridgehead atoms. The summed E-state index contributed by atoms with van der Waals surface area (Å²) in [7, 11) is 2.99. The lowest BCUT2D eigenvalue weighted by atomic mass is 10.2. The van der Waals surface area contributed by atoms with Gasteiger partial charge in [0, 0.05) is 13.1 Å². The Morgan fingerprint density at radius 3 is 2.59 bits per heavy atom. The second-order valence-corrected chi connectivity index (χ2v) is 4.64. The van der Waals surface area contributed by atoms with E-state index in [1.165, 1.54) is 20.0 Å². The highest BCUT2D eigenvalue weighted by atomic mass is 16.5. The summed E-state index contributed by atoms with van der Waals surface area (Å²) in [5, 5.41) is 8.89. The van der Waals surface area contributed by atoms with Gasteiger partial charge in [-0.25, -0.2) is 4.79 Å². The van der Waals surface area contributed by atoms with Crippen molar-refractivity contribution in [2.45, 2.75) is 19.9 Å². The minimum atomic E-state index is -1.05. The van der Waals surface area contributed by atoms with Gasteiger partial charge in [0.2, 0.25) is 5.91 Å². The molecule has 0 fully saturated rings. The lowest BCUT2D eigenvalue weighted by Crippen LogP contribution is -2.39. The molecule has 0 unspecified atom stereocenters. The molecule has 1 rings (SSSR count). The summed E-state index contributed by atoms with van der Waals surface area (Å²) >= 11 is 0. The number of carboxylic acids is 1. The van der Waals surface area contributed by atoms with Gasteiger partial charge in [-0.3, -0.25) is 4.79 Å². The molecular formula is C16H21NO5. The molecule has 1 amide bonds. The first-order chi connectivity index (χ1) is 10.4. The molecule has 0 saturated heterocycles. The van der Waals surface area contributed by atoms with Crippen LogP contribution in [0.15, 0.2) is 24.3 Å².